The first kappa shape index (κ1) is 13.1. The van der Waals surface area contributed by atoms with E-state index in [0.29, 0.717) is 0 Å². The summed E-state index contributed by atoms with van der Waals surface area (Å²) in [7, 11) is 0. The molecule has 1 saturated heterocycles. The number of benzene rings is 2. The molecule has 1 fully saturated rings. The molecule has 2 N–H and O–H groups in total. The van der Waals surface area contributed by atoms with Gasteiger partial charge in [0.25, 0.3) is 5.91 Å². The van der Waals surface area contributed by atoms with Crippen LogP contribution in [0.25, 0.3) is 10.8 Å². The van der Waals surface area contributed by atoms with Gasteiger partial charge in [0.2, 0.25) is 0 Å². The number of amides is 1. The fourth-order valence-corrected chi connectivity index (χ4v) is 3.08. The molecule has 2 atom stereocenters. The molecule has 0 radical (unpaired) electrons. The average molecular weight is 268 g/mol. The van der Waals surface area contributed by atoms with Crippen molar-refractivity contribution in [2.45, 2.75) is 31.8 Å². The van der Waals surface area contributed by atoms with Gasteiger partial charge in [0.05, 0.1) is 0 Å². The number of carbonyl (C=O) groups is 1. The van der Waals surface area contributed by atoms with Crippen LogP contribution in [0, 0.1) is 0 Å². The molecular weight excluding hydrogens is 248 g/mol. The van der Waals surface area contributed by atoms with Gasteiger partial charge in [-0.1, -0.05) is 36.4 Å². The van der Waals surface area contributed by atoms with Crippen molar-refractivity contribution in [3.8, 4) is 0 Å². The molecule has 0 saturated carbocycles. The van der Waals surface area contributed by atoms with Gasteiger partial charge >= 0.3 is 0 Å². The zero-order valence-electron chi connectivity index (χ0n) is 11.8. The highest BCUT2D eigenvalue weighted by molar-refractivity contribution is 6.07. The molecule has 0 spiro atoms. The summed E-state index contributed by atoms with van der Waals surface area (Å²) < 4.78 is 0. The minimum Gasteiger partial charge on any atom is -0.336 e. The Hall–Kier alpha value is -1.87. The fourth-order valence-electron chi connectivity index (χ4n) is 3.08. The van der Waals surface area contributed by atoms with Gasteiger partial charge in [-0.2, -0.15) is 0 Å². The van der Waals surface area contributed by atoms with E-state index >= 15 is 0 Å². The van der Waals surface area contributed by atoms with Crippen molar-refractivity contribution in [1.82, 2.24) is 4.90 Å². The van der Waals surface area contributed by atoms with Crippen LogP contribution in [0.2, 0.25) is 0 Å². The van der Waals surface area contributed by atoms with Crippen molar-refractivity contribution in [2.24, 2.45) is 5.73 Å². The van der Waals surface area contributed by atoms with Gasteiger partial charge in [0.1, 0.15) is 0 Å². The van der Waals surface area contributed by atoms with E-state index < -0.39 is 0 Å². The van der Waals surface area contributed by atoms with Gasteiger partial charge in [0.15, 0.2) is 0 Å². The van der Waals surface area contributed by atoms with Crippen molar-refractivity contribution in [3.63, 3.8) is 0 Å². The summed E-state index contributed by atoms with van der Waals surface area (Å²) in [5.41, 5.74) is 6.78. The summed E-state index contributed by atoms with van der Waals surface area (Å²) in [5, 5.41) is 2.14. The highest BCUT2D eigenvalue weighted by Gasteiger charge is 2.28. The zero-order valence-corrected chi connectivity index (χ0v) is 11.8. The molecule has 0 aliphatic carbocycles. The highest BCUT2D eigenvalue weighted by Crippen LogP contribution is 2.23. The minimum absolute atomic E-state index is 0.126. The third kappa shape index (κ3) is 2.29. The van der Waals surface area contributed by atoms with Crippen molar-refractivity contribution < 1.29 is 4.79 Å². The van der Waals surface area contributed by atoms with E-state index in [4.69, 9.17) is 5.73 Å². The normalized spacial score (nSPS) is 23.0. The molecule has 20 heavy (non-hydrogen) atoms. The largest absolute Gasteiger partial charge is 0.336 e. The van der Waals surface area contributed by atoms with Crippen LogP contribution in [0.3, 0.4) is 0 Å². The van der Waals surface area contributed by atoms with Crippen LogP contribution in [0.4, 0.5) is 0 Å². The third-order valence-corrected chi connectivity index (χ3v) is 4.20. The Morgan fingerprint density at radius 2 is 1.95 bits per heavy atom. The smallest absolute Gasteiger partial charge is 0.254 e. The second kappa shape index (κ2) is 5.25. The number of hydrogen-bond donors (Lipinski definition) is 1. The third-order valence-electron chi connectivity index (χ3n) is 4.20. The lowest BCUT2D eigenvalue weighted by molar-refractivity contribution is 0.0621. The molecule has 3 heteroatoms. The maximum absolute atomic E-state index is 12.8. The molecule has 3 rings (SSSR count). The molecular formula is C17H20N2O. The second-order valence-electron chi connectivity index (χ2n) is 5.66. The lowest BCUT2D eigenvalue weighted by atomic mass is 9.97. The topological polar surface area (TPSA) is 46.3 Å². The maximum Gasteiger partial charge on any atom is 0.254 e. The number of nitrogens with two attached hydrogens (primary N) is 1. The number of carbonyl (C=O) groups excluding carboxylic acids is 1. The molecule has 1 aliphatic rings. The molecule has 1 amide bonds. The van der Waals surface area contributed by atoms with E-state index in [1.165, 1.54) is 0 Å². The molecule has 1 heterocycles. The summed E-state index contributed by atoms with van der Waals surface area (Å²) in [6, 6.07) is 14.4. The number of piperidine rings is 1. The lowest BCUT2D eigenvalue weighted by Gasteiger charge is -2.36. The summed E-state index contributed by atoms with van der Waals surface area (Å²) in [4.78, 5) is 14.8. The lowest BCUT2D eigenvalue weighted by Crippen LogP contribution is -2.48. The van der Waals surface area contributed by atoms with Crippen LogP contribution in [-0.2, 0) is 0 Å². The predicted octanol–water partition coefficient (Wildman–Crippen LogP) is 2.79. The van der Waals surface area contributed by atoms with Gasteiger partial charge in [-0.15, -0.1) is 0 Å². The Kier molecular flexibility index (Phi) is 3.45. The molecule has 2 unspecified atom stereocenters. The first-order valence-electron chi connectivity index (χ1n) is 7.21. The Labute approximate surface area is 119 Å². The Balaban J connectivity index is 1.97. The van der Waals surface area contributed by atoms with Gasteiger partial charge in [-0.05, 0) is 36.6 Å². The van der Waals surface area contributed by atoms with Crippen LogP contribution in [0.1, 0.15) is 30.1 Å². The summed E-state index contributed by atoms with van der Waals surface area (Å²) in [5.74, 6) is 0.126. The van der Waals surface area contributed by atoms with Gasteiger partial charge in [0, 0.05) is 24.2 Å². The van der Waals surface area contributed by atoms with E-state index in [0.717, 1.165) is 35.7 Å². The van der Waals surface area contributed by atoms with Crippen LogP contribution in [-0.4, -0.2) is 29.4 Å². The van der Waals surface area contributed by atoms with Crippen LogP contribution < -0.4 is 5.73 Å². The number of fused-ring (bicyclic) bond motifs is 1. The molecule has 2 aromatic rings. The summed E-state index contributed by atoms with van der Waals surface area (Å²) >= 11 is 0. The first-order chi connectivity index (χ1) is 9.66. The Morgan fingerprint density at radius 1 is 1.20 bits per heavy atom. The number of likely N-dealkylation sites (tertiary alicyclic amines) is 1. The number of hydrogen-bond acceptors (Lipinski definition) is 2. The maximum atomic E-state index is 12.8. The second-order valence-corrected chi connectivity index (χ2v) is 5.66. The van der Waals surface area contributed by atoms with E-state index in [1.807, 2.05) is 47.4 Å². The highest BCUT2D eigenvalue weighted by atomic mass is 16.2. The van der Waals surface area contributed by atoms with Crippen LogP contribution in [0.5, 0.6) is 0 Å². The van der Waals surface area contributed by atoms with E-state index in [1.54, 1.807) is 0 Å². The van der Waals surface area contributed by atoms with Crippen LogP contribution >= 0.6 is 0 Å². The van der Waals surface area contributed by atoms with Crippen molar-refractivity contribution in [2.75, 3.05) is 6.54 Å². The van der Waals surface area contributed by atoms with Crippen LogP contribution in [0.15, 0.2) is 42.5 Å². The first-order valence-corrected chi connectivity index (χ1v) is 7.21. The predicted molar refractivity (Wildman–Crippen MR) is 81.7 cm³/mol. The minimum atomic E-state index is 0.126. The summed E-state index contributed by atoms with van der Waals surface area (Å²) in [6.07, 6.45) is 1.78. The zero-order chi connectivity index (χ0) is 14.1. The molecule has 2 aromatic carbocycles. The van der Waals surface area contributed by atoms with E-state index in [2.05, 4.69) is 6.92 Å². The van der Waals surface area contributed by atoms with Crippen molar-refractivity contribution in [1.29, 1.82) is 0 Å². The fraction of sp³-hybridized carbons (Fsp3) is 0.353. The monoisotopic (exact) mass is 268 g/mol. The van der Waals surface area contributed by atoms with E-state index in [9.17, 15) is 4.79 Å². The van der Waals surface area contributed by atoms with Gasteiger partial charge < -0.3 is 10.6 Å². The molecule has 1 aliphatic heterocycles. The van der Waals surface area contributed by atoms with Crippen molar-refractivity contribution >= 4 is 16.7 Å². The van der Waals surface area contributed by atoms with Gasteiger partial charge in [-0.25, -0.2) is 0 Å². The molecule has 3 nitrogen and oxygen atoms in total. The summed E-state index contributed by atoms with van der Waals surface area (Å²) in [6.45, 7) is 2.84. The average Bonchev–Trinajstić information content (AvgIpc) is 2.46. The Bertz CT molecular complexity index is 632. The van der Waals surface area contributed by atoms with E-state index in [-0.39, 0.29) is 18.0 Å². The molecule has 0 aromatic heterocycles. The van der Waals surface area contributed by atoms with Crippen molar-refractivity contribution in [3.05, 3.63) is 48.0 Å². The van der Waals surface area contributed by atoms with Gasteiger partial charge in [-0.3, -0.25) is 4.79 Å². The Morgan fingerprint density at radius 3 is 2.75 bits per heavy atom. The number of nitrogens with zero attached hydrogens (tertiary/aromatic N) is 1. The standard InChI is InChI=1S/C17H20N2O/c1-12-11-14(18)9-10-19(12)17(20)16-8-4-6-13-5-2-3-7-15(13)16/h2-8,12,14H,9-11,18H2,1H3. The molecule has 0 bridgehead atoms. The SMILES string of the molecule is CC1CC(N)CCN1C(=O)c1cccc2ccccc12. The quantitative estimate of drug-likeness (QED) is 0.864. The molecule has 104 valence electrons. The number of rotatable bonds is 1.